The van der Waals surface area contributed by atoms with E-state index >= 15 is 0 Å². The van der Waals surface area contributed by atoms with Gasteiger partial charge in [-0.15, -0.1) is 0 Å². The number of carbonyl (C=O) groups is 1. The number of rotatable bonds is 7. The number of hydrogen-bond acceptors (Lipinski definition) is 3. The highest BCUT2D eigenvalue weighted by Gasteiger charge is 2.23. The molecule has 1 aliphatic rings. The van der Waals surface area contributed by atoms with Crippen LogP contribution in [0.3, 0.4) is 0 Å². The first kappa shape index (κ1) is 19.3. The molecule has 4 heteroatoms. The molecule has 0 aromatic heterocycles. The second-order valence-electron chi connectivity index (χ2n) is 7.32. The highest BCUT2D eigenvalue weighted by atomic mass is 16.2. The molecular formula is C23H31N3O. The number of piperidine rings is 1. The lowest BCUT2D eigenvalue weighted by atomic mass is 10.1. The highest BCUT2D eigenvalue weighted by molar-refractivity contribution is 6.08. The third-order valence-corrected chi connectivity index (χ3v) is 5.26. The maximum absolute atomic E-state index is 13.4. The summed E-state index contributed by atoms with van der Waals surface area (Å²) in [6, 6.07) is 15.6. The first-order valence-corrected chi connectivity index (χ1v) is 10.2. The van der Waals surface area contributed by atoms with Crippen molar-refractivity contribution in [1.82, 2.24) is 0 Å². The lowest BCUT2D eigenvalue weighted by Gasteiger charge is -2.34. The molecule has 0 unspecified atom stereocenters. The lowest BCUT2D eigenvalue weighted by molar-refractivity contribution is 0.0986. The highest BCUT2D eigenvalue weighted by Crippen LogP contribution is 2.32. The number of hydrogen-bond donors (Lipinski definition) is 1. The van der Waals surface area contributed by atoms with Gasteiger partial charge in [-0.2, -0.15) is 0 Å². The topological polar surface area (TPSA) is 49.6 Å². The molecular weight excluding hydrogens is 334 g/mol. The van der Waals surface area contributed by atoms with Crippen molar-refractivity contribution in [3.8, 4) is 0 Å². The molecule has 2 N–H and O–H groups in total. The molecule has 1 heterocycles. The molecule has 0 radical (unpaired) electrons. The van der Waals surface area contributed by atoms with E-state index in [1.165, 1.54) is 24.9 Å². The SMILES string of the molecule is CCCCCN(C(=O)c1ccc(N)cc1)c1ccccc1N1CCCCC1. The fourth-order valence-electron chi connectivity index (χ4n) is 3.73. The van der Waals surface area contributed by atoms with E-state index in [-0.39, 0.29) is 5.91 Å². The van der Waals surface area contributed by atoms with Crippen molar-refractivity contribution in [2.75, 3.05) is 35.2 Å². The Labute approximate surface area is 163 Å². The Morgan fingerprint density at radius 1 is 1.00 bits per heavy atom. The molecule has 1 amide bonds. The first-order valence-electron chi connectivity index (χ1n) is 10.2. The minimum atomic E-state index is 0.0514. The van der Waals surface area contributed by atoms with Crippen molar-refractivity contribution < 1.29 is 4.79 Å². The monoisotopic (exact) mass is 365 g/mol. The van der Waals surface area contributed by atoms with Crippen LogP contribution in [0.25, 0.3) is 0 Å². The van der Waals surface area contributed by atoms with Crippen LogP contribution in [0.5, 0.6) is 0 Å². The summed E-state index contributed by atoms with van der Waals surface area (Å²) in [6.07, 6.45) is 7.00. The number of benzene rings is 2. The van der Waals surface area contributed by atoms with E-state index in [0.717, 1.165) is 44.6 Å². The molecule has 0 spiro atoms. The summed E-state index contributed by atoms with van der Waals surface area (Å²) < 4.78 is 0. The van der Waals surface area contributed by atoms with Gasteiger partial charge in [0.25, 0.3) is 5.91 Å². The summed E-state index contributed by atoms with van der Waals surface area (Å²) in [7, 11) is 0. The maximum Gasteiger partial charge on any atom is 0.258 e. The molecule has 4 nitrogen and oxygen atoms in total. The number of nitrogens with zero attached hydrogens (tertiary/aromatic N) is 2. The number of nitrogen functional groups attached to an aromatic ring is 1. The van der Waals surface area contributed by atoms with Crippen LogP contribution in [0.2, 0.25) is 0 Å². The molecule has 2 aromatic carbocycles. The molecule has 1 saturated heterocycles. The van der Waals surface area contributed by atoms with Crippen LogP contribution in [0.4, 0.5) is 17.1 Å². The van der Waals surface area contributed by atoms with Gasteiger partial charge in [0, 0.05) is 30.9 Å². The zero-order valence-electron chi connectivity index (χ0n) is 16.4. The largest absolute Gasteiger partial charge is 0.399 e. The predicted octanol–water partition coefficient (Wildman–Crippen LogP) is 5.10. The number of unbranched alkanes of at least 4 members (excludes halogenated alkanes) is 2. The van der Waals surface area contributed by atoms with E-state index in [1.807, 2.05) is 23.1 Å². The van der Waals surface area contributed by atoms with Crippen LogP contribution in [0.1, 0.15) is 55.8 Å². The van der Waals surface area contributed by atoms with E-state index in [9.17, 15) is 4.79 Å². The zero-order valence-corrected chi connectivity index (χ0v) is 16.4. The fourth-order valence-corrected chi connectivity index (χ4v) is 3.73. The molecule has 0 bridgehead atoms. The van der Waals surface area contributed by atoms with Gasteiger partial charge >= 0.3 is 0 Å². The molecule has 0 atom stereocenters. The van der Waals surface area contributed by atoms with E-state index in [0.29, 0.717) is 11.3 Å². The summed E-state index contributed by atoms with van der Waals surface area (Å²) in [5.74, 6) is 0.0514. The summed E-state index contributed by atoms with van der Waals surface area (Å²) in [4.78, 5) is 17.7. The van der Waals surface area contributed by atoms with E-state index < -0.39 is 0 Å². The van der Waals surface area contributed by atoms with E-state index in [1.54, 1.807) is 12.1 Å². The number of anilines is 3. The second-order valence-corrected chi connectivity index (χ2v) is 7.32. The number of nitrogens with two attached hydrogens (primary N) is 1. The van der Waals surface area contributed by atoms with Crippen molar-refractivity contribution >= 4 is 23.0 Å². The minimum absolute atomic E-state index is 0.0514. The second kappa shape index (κ2) is 9.45. The maximum atomic E-state index is 13.4. The summed E-state index contributed by atoms with van der Waals surface area (Å²) in [5.41, 5.74) is 9.37. The van der Waals surface area contributed by atoms with Crippen LogP contribution < -0.4 is 15.5 Å². The standard InChI is InChI=1S/C23H31N3O/c1-2-3-7-18-26(23(27)19-12-14-20(24)15-13-19)22-11-6-5-10-21(22)25-16-8-4-9-17-25/h5-6,10-15H,2-4,7-9,16-18,24H2,1H3. The van der Waals surface area contributed by atoms with Crippen LogP contribution in [0, 0.1) is 0 Å². The van der Waals surface area contributed by atoms with Crippen LogP contribution in [-0.4, -0.2) is 25.5 Å². The normalized spacial score (nSPS) is 14.2. The predicted molar refractivity (Wildman–Crippen MR) is 115 cm³/mol. The molecule has 0 aliphatic carbocycles. The average molecular weight is 366 g/mol. The Morgan fingerprint density at radius 3 is 2.41 bits per heavy atom. The molecule has 3 rings (SSSR count). The molecule has 0 saturated carbocycles. The minimum Gasteiger partial charge on any atom is -0.399 e. The van der Waals surface area contributed by atoms with Crippen LogP contribution >= 0.6 is 0 Å². The van der Waals surface area contributed by atoms with Gasteiger partial charge in [0.1, 0.15) is 0 Å². The van der Waals surface area contributed by atoms with Crippen LogP contribution in [-0.2, 0) is 0 Å². The third-order valence-electron chi connectivity index (χ3n) is 5.26. The third kappa shape index (κ3) is 4.82. The summed E-state index contributed by atoms with van der Waals surface area (Å²) in [5, 5.41) is 0. The molecule has 1 fully saturated rings. The van der Waals surface area contributed by atoms with Crippen LogP contribution in [0.15, 0.2) is 48.5 Å². The van der Waals surface area contributed by atoms with Crippen molar-refractivity contribution in [2.45, 2.75) is 45.4 Å². The number of para-hydroxylation sites is 2. The molecule has 2 aromatic rings. The van der Waals surface area contributed by atoms with Gasteiger partial charge in [-0.3, -0.25) is 4.79 Å². The first-order chi connectivity index (χ1) is 13.2. The molecule has 144 valence electrons. The Hall–Kier alpha value is -2.49. The van der Waals surface area contributed by atoms with Crippen molar-refractivity contribution in [1.29, 1.82) is 0 Å². The number of carbonyl (C=O) groups excluding carboxylic acids is 1. The molecule has 27 heavy (non-hydrogen) atoms. The van der Waals surface area contributed by atoms with Crippen molar-refractivity contribution in [2.24, 2.45) is 0 Å². The Balaban J connectivity index is 1.92. The van der Waals surface area contributed by atoms with Gasteiger partial charge in [-0.05, 0) is 62.1 Å². The lowest BCUT2D eigenvalue weighted by Crippen LogP contribution is -2.36. The fraction of sp³-hybridized carbons (Fsp3) is 0.435. The van der Waals surface area contributed by atoms with Gasteiger partial charge in [-0.1, -0.05) is 31.9 Å². The quantitative estimate of drug-likeness (QED) is 0.549. The molecule has 1 aliphatic heterocycles. The zero-order chi connectivity index (χ0) is 19.1. The van der Waals surface area contributed by atoms with Gasteiger partial charge in [0.05, 0.1) is 11.4 Å². The number of amides is 1. The smallest absolute Gasteiger partial charge is 0.258 e. The van der Waals surface area contributed by atoms with Gasteiger partial charge < -0.3 is 15.5 Å². The van der Waals surface area contributed by atoms with E-state index in [4.69, 9.17) is 5.73 Å². The summed E-state index contributed by atoms with van der Waals surface area (Å²) >= 11 is 0. The summed E-state index contributed by atoms with van der Waals surface area (Å²) in [6.45, 7) is 5.06. The van der Waals surface area contributed by atoms with Crippen molar-refractivity contribution in [3.63, 3.8) is 0 Å². The van der Waals surface area contributed by atoms with Gasteiger partial charge in [-0.25, -0.2) is 0 Å². The van der Waals surface area contributed by atoms with Gasteiger partial charge in [0.2, 0.25) is 0 Å². The Morgan fingerprint density at radius 2 is 1.70 bits per heavy atom. The van der Waals surface area contributed by atoms with Crippen molar-refractivity contribution in [3.05, 3.63) is 54.1 Å². The van der Waals surface area contributed by atoms with Gasteiger partial charge in [0.15, 0.2) is 0 Å². The Kier molecular flexibility index (Phi) is 6.74. The average Bonchev–Trinajstić information content (AvgIpc) is 2.72. The van der Waals surface area contributed by atoms with E-state index in [2.05, 4.69) is 30.0 Å². The Bertz CT molecular complexity index is 736.